The second-order valence-corrected chi connectivity index (χ2v) is 7.25. The summed E-state index contributed by atoms with van der Waals surface area (Å²) < 4.78 is 0. The van der Waals surface area contributed by atoms with Gasteiger partial charge < -0.3 is 5.11 Å². The number of aliphatic hydroxyl groups excluding tert-OH is 1. The van der Waals surface area contributed by atoms with Gasteiger partial charge in [0.05, 0.1) is 6.10 Å². The Hall–Kier alpha value is -0.820. The van der Waals surface area contributed by atoms with Crippen molar-refractivity contribution in [3.05, 3.63) is 35.4 Å². The molecular formula is C18H24O. The van der Waals surface area contributed by atoms with Gasteiger partial charge in [-0.25, -0.2) is 0 Å². The molecule has 1 nitrogen and oxygen atoms in total. The maximum Gasteiger partial charge on any atom is 0.0596 e. The molecule has 4 rings (SSSR count). The Labute approximate surface area is 116 Å². The molecule has 3 unspecified atom stereocenters. The van der Waals surface area contributed by atoms with Crippen molar-refractivity contribution in [2.24, 2.45) is 17.3 Å². The summed E-state index contributed by atoms with van der Waals surface area (Å²) in [4.78, 5) is 0. The van der Waals surface area contributed by atoms with Crippen molar-refractivity contribution in [2.45, 2.75) is 57.5 Å². The zero-order chi connectivity index (χ0) is 13.0. The zero-order valence-electron chi connectivity index (χ0n) is 11.8. The molecule has 5 atom stereocenters. The van der Waals surface area contributed by atoms with Gasteiger partial charge in [-0.15, -0.1) is 0 Å². The second kappa shape index (κ2) is 4.09. The predicted molar refractivity (Wildman–Crippen MR) is 77.1 cm³/mol. The molecule has 0 heterocycles. The molecule has 1 heteroatoms. The van der Waals surface area contributed by atoms with Crippen molar-refractivity contribution in [3.8, 4) is 0 Å². The minimum Gasteiger partial charge on any atom is -0.393 e. The van der Waals surface area contributed by atoms with Crippen molar-refractivity contribution in [1.82, 2.24) is 0 Å². The van der Waals surface area contributed by atoms with E-state index in [1.165, 1.54) is 32.1 Å². The molecule has 19 heavy (non-hydrogen) atoms. The van der Waals surface area contributed by atoms with E-state index in [0.29, 0.717) is 0 Å². The monoisotopic (exact) mass is 256 g/mol. The molecular weight excluding hydrogens is 232 g/mol. The average molecular weight is 256 g/mol. The third-order valence-electron chi connectivity index (χ3n) is 6.59. The Bertz CT molecular complexity index is 494. The van der Waals surface area contributed by atoms with E-state index in [1.54, 1.807) is 11.1 Å². The highest BCUT2D eigenvalue weighted by atomic mass is 16.3. The van der Waals surface area contributed by atoms with Crippen LogP contribution >= 0.6 is 0 Å². The van der Waals surface area contributed by atoms with Gasteiger partial charge in [-0.05, 0) is 72.8 Å². The third kappa shape index (κ3) is 1.57. The molecule has 1 aromatic rings. The fourth-order valence-electron chi connectivity index (χ4n) is 5.49. The Morgan fingerprint density at radius 2 is 1.95 bits per heavy atom. The largest absolute Gasteiger partial charge is 0.393 e. The van der Waals surface area contributed by atoms with Crippen LogP contribution in [-0.2, 0) is 6.42 Å². The lowest BCUT2D eigenvalue weighted by Crippen LogP contribution is -2.43. The van der Waals surface area contributed by atoms with Gasteiger partial charge in [-0.1, -0.05) is 31.2 Å². The molecule has 0 bridgehead atoms. The molecule has 0 saturated heterocycles. The second-order valence-electron chi connectivity index (χ2n) is 7.25. The van der Waals surface area contributed by atoms with E-state index in [-0.39, 0.29) is 11.5 Å². The fraction of sp³-hybridized carbons (Fsp3) is 0.667. The van der Waals surface area contributed by atoms with Gasteiger partial charge in [-0.3, -0.25) is 0 Å². The van der Waals surface area contributed by atoms with E-state index < -0.39 is 0 Å². The molecule has 3 aliphatic carbocycles. The van der Waals surface area contributed by atoms with Crippen LogP contribution in [-0.4, -0.2) is 11.2 Å². The topological polar surface area (TPSA) is 20.2 Å². The van der Waals surface area contributed by atoms with Crippen LogP contribution in [0.15, 0.2) is 24.3 Å². The van der Waals surface area contributed by atoms with Crippen LogP contribution in [0.2, 0.25) is 0 Å². The van der Waals surface area contributed by atoms with E-state index in [2.05, 4.69) is 31.2 Å². The first-order chi connectivity index (χ1) is 9.20. The number of aryl methyl sites for hydroxylation is 1. The van der Waals surface area contributed by atoms with Crippen LogP contribution in [0.25, 0.3) is 0 Å². The first-order valence-electron chi connectivity index (χ1n) is 7.96. The Kier molecular flexibility index (Phi) is 2.57. The van der Waals surface area contributed by atoms with Crippen LogP contribution in [0.5, 0.6) is 0 Å². The van der Waals surface area contributed by atoms with E-state index in [0.717, 1.165) is 24.2 Å². The Balaban J connectivity index is 1.72. The summed E-state index contributed by atoms with van der Waals surface area (Å²) in [5, 5.41) is 10.4. The van der Waals surface area contributed by atoms with Crippen LogP contribution in [0.1, 0.15) is 56.1 Å². The summed E-state index contributed by atoms with van der Waals surface area (Å²) in [5.41, 5.74) is 3.43. The van der Waals surface area contributed by atoms with Crippen LogP contribution in [0.4, 0.5) is 0 Å². The van der Waals surface area contributed by atoms with E-state index >= 15 is 0 Å². The number of hydrogen-bond acceptors (Lipinski definition) is 1. The SMILES string of the molecule is C[C@]12CCC3c4ccccc4CCC3C1CC[C@@H]2O. The number of fused-ring (bicyclic) bond motifs is 5. The highest BCUT2D eigenvalue weighted by Crippen LogP contribution is 2.60. The molecule has 0 aliphatic heterocycles. The molecule has 2 fully saturated rings. The maximum atomic E-state index is 10.4. The molecule has 2 saturated carbocycles. The molecule has 3 aliphatic rings. The summed E-state index contributed by atoms with van der Waals surface area (Å²) in [5.74, 6) is 2.36. The summed E-state index contributed by atoms with van der Waals surface area (Å²) in [7, 11) is 0. The van der Waals surface area contributed by atoms with Crippen molar-refractivity contribution in [1.29, 1.82) is 0 Å². The lowest BCUT2D eigenvalue weighted by molar-refractivity contribution is -0.0226. The minimum absolute atomic E-state index is 0.0457. The smallest absolute Gasteiger partial charge is 0.0596 e. The number of benzene rings is 1. The van der Waals surface area contributed by atoms with Crippen LogP contribution < -0.4 is 0 Å². The average Bonchev–Trinajstić information content (AvgIpc) is 2.75. The van der Waals surface area contributed by atoms with Crippen LogP contribution in [0.3, 0.4) is 0 Å². The predicted octanol–water partition coefficient (Wildman–Crippen LogP) is 3.90. The van der Waals surface area contributed by atoms with Gasteiger partial charge in [0.15, 0.2) is 0 Å². The fourth-order valence-corrected chi connectivity index (χ4v) is 5.49. The molecule has 102 valence electrons. The highest BCUT2D eigenvalue weighted by Gasteiger charge is 2.54. The van der Waals surface area contributed by atoms with Gasteiger partial charge >= 0.3 is 0 Å². The lowest BCUT2D eigenvalue weighted by Gasteiger charge is -2.50. The van der Waals surface area contributed by atoms with Gasteiger partial charge in [0.2, 0.25) is 0 Å². The Morgan fingerprint density at radius 3 is 2.84 bits per heavy atom. The third-order valence-corrected chi connectivity index (χ3v) is 6.59. The van der Waals surface area contributed by atoms with Crippen LogP contribution in [0, 0.1) is 17.3 Å². The van der Waals surface area contributed by atoms with E-state index in [4.69, 9.17) is 0 Å². The van der Waals surface area contributed by atoms with Crippen molar-refractivity contribution in [3.63, 3.8) is 0 Å². The lowest BCUT2D eigenvalue weighted by atomic mass is 9.55. The first-order valence-corrected chi connectivity index (χ1v) is 7.96. The standard InChI is InChI=1S/C18H24O/c1-18-11-10-14-13-5-3-2-4-12(13)6-7-15(14)16(18)8-9-17(18)19/h2-5,14-17,19H,6-11H2,1H3/t14?,15?,16?,17-,18-/m0/s1. The maximum absolute atomic E-state index is 10.4. The van der Waals surface area contributed by atoms with Crippen molar-refractivity contribution < 1.29 is 5.11 Å². The molecule has 0 amide bonds. The molecule has 0 radical (unpaired) electrons. The summed E-state index contributed by atoms with van der Waals surface area (Å²) in [6.07, 6.45) is 7.33. The van der Waals surface area contributed by atoms with Crippen molar-refractivity contribution >= 4 is 0 Å². The first kappa shape index (κ1) is 12.0. The molecule has 0 spiro atoms. The summed E-state index contributed by atoms with van der Waals surface area (Å²) in [6.45, 7) is 2.35. The van der Waals surface area contributed by atoms with Gasteiger partial charge in [0.1, 0.15) is 0 Å². The van der Waals surface area contributed by atoms with E-state index in [9.17, 15) is 5.11 Å². The zero-order valence-corrected chi connectivity index (χ0v) is 11.8. The minimum atomic E-state index is -0.0457. The normalized spacial score (nSPS) is 44.3. The molecule has 1 N–H and O–H groups in total. The van der Waals surface area contributed by atoms with Gasteiger partial charge in [0.25, 0.3) is 0 Å². The quantitative estimate of drug-likeness (QED) is 0.746. The molecule has 1 aromatic carbocycles. The Morgan fingerprint density at radius 1 is 1.11 bits per heavy atom. The summed E-state index contributed by atoms with van der Waals surface area (Å²) in [6, 6.07) is 9.08. The summed E-state index contributed by atoms with van der Waals surface area (Å²) >= 11 is 0. The number of aliphatic hydroxyl groups is 1. The number of hydrogen-bond donors (Lipinski definition) is 1. The van der Waals surface area contributed by atoms with E-state index in [1.807, 2.05) is 0 Å². The highest BCUT2D eigenvalue weighted by molar-refractivity contribution is 5.34. The molecule has 0 aromatic heterocycles. The van der Waals surface area contributed by atoms with Crippen molar-refractivity contribution in [2.75, 3.05) is 0 Å². The van der Waals surface area contributed by atoms with Gasteiger partial charge in [-0.2, -0.15) is 0 Å². The number of rotatable bonds is 0. The van der Waals surface area contributed by atoms with Gasteiger partial charge in [0, 0.05) is 0 Å².